The van der Waals surface area contributed by atoms with Crippen LogP contribution in [0.1, 0.15) is 48.5 Å². The third-order valence-electron chi connectivity index (χ3n) is 6.32. The second-order valence-corrected chi connectivity index (χ2v) is 8.27. The monoisotopic (exact) mass is 392 g/mol. The summed E-state index contributed by atoms with van der Waals surface area (Å²) in [6, 6.07) is 13.0. The molecule has 1 aromatic heterocycles. The van der Waals surface area contributed by atoms with Gasteiger partial charge in [0.25, 0.3) is 5.91 Å². The van der Waals surface area contributed by atoms with Gasteiger partial charge in [-0.3, -0.25) is 4.79 Å². The van der Waals surface area contributed by atoms with Gasteiger partial charge < -0.3 is 14.7 Å². The standard InChI is InChI=1S/C24H32N4O/c1-3-21-8-4-5-12-28(21)24(29)20-10-11-23(25-18-20)27-15-13-26(14-16-27)22-9-6-7-19(2)17-22/h6-7,9-11,17-18,21H,3-5,8,12-16H2,1-2H3. The average molecular weight is 393 g/mol. The molecule has 1 unspecified atom stereocenters. The van der Waals surface area contributed by atoms with Crippen molar-refractivity contribution >= 4 is 17.4 Å². The smallest absolute Gasteiger partial charge is 0.255 e. The van der Waals surface area contributed by atoms with E-state index in [2.05, 4.69) is 57.8 Å². The summed E-state index contributed by atoms with van der Waals surface area (Å²) in [6.07, 6.45) is 6.26. The van der Waals surface area contributed by atoms with Gasteiger partial charge in [0.15, 0.2) is 0 Å². The number of anilines is 2. The van der Waals surface area contributed by atoms with Crippen LogP contribution in [0.5, 0.6) is 0 Å². The molecule has 0 bridgehead atoms. The van der Waals surface area contributed by atoms with Gasteiger partial charge in [0.05, 0.1) is 5.56 Å². The number of rotatable bonds is 4. The van der Waals surface area contributed by atoms with Crippen molar-refractivity contribution in [2.24, 2.45) is 0 Å². The number of amides is 1. The number of hydrogen-bond donors (Lipinski definition) is 0. The van der Waals surface area contributed by atoms with Crippen LogP contribution in [0.15, 0.2) is 42.6 Å². The van der Waals surface area contributed by atoms with E-state index in [-0.39, 0.29) is 5.91 Å². The van der Waals surface area contributed by atoms with E-state index in [9.17, 15) is 4.79 Å². The molecular formula is C24H32N4O. The Bertz CT molecular complexity index is 827. The number of piperidine rings is 1. The minimum absolute atomic E-state index is 0.139. The molecule has 0 saturated carbocycles. The first-order chi connectivity index (χ1) is 14.2. The number of pyridine rings is 1. The number of carbonyl (C=O) groups excluding carboxylic acids is 1. The molecule has 1 aromatic carbocycles. The number of nitrogens with zero attached hydrogens (tertiary/aromatic N) is 4. The van der Waals surface area contributed by atoms with Gasteiger partial charge in [-0.15, -0.1) is 0 Å². The molecule has 2 aliphatic rings. The Morgan fingerprint density at radius 1 is 1.03 bits per heavy atom. The van der Waals surface area contributed by atoms with Crippen molar-refractivity contribution in [2.45, 2.75) is 45.6 Å². The lowest BCUT2D eigenvalue weighted by Gasteiger charge is -2.37. The van der Waals surface area contributed by atoms with E-state index in [4.69, 9.17) is 0 Å². The van der Waals surface area contributed by atoms with Crippen LogP contribution in [0, 0.1) is 6.92 Å². The molecule has 0 spiro atoms. The molecule has 3 heterocycles. The minimum atomic E-state index is 0.139. The van der Waals surface area contributed by atoms with Gasteiger partial charge in [-0.1, -0.05) is 19.1 Å². The normalized spacial score (nSPS) is 20.1. The Morgan fingerprint density at radius 2 is 1.83 bits per heavy atom. The zero-order valence-electron chi connectivity index (χ0n) is 17.7. The third-order valence-corrected chi connectivity index (χ3v) is 6.32. The molecule has 2 saturated heterocycles. The number of benzene rings is 1. The summed E-state index contributed by atoms with van der Waals surface area (Å²) >= 11 is 0. The maximum Gasteiger partial charge on any atom is 0.255 e. The number of aryl methyl sites for hydroxylation is 1. The Morgan fingerprint density at radius 3 is 2.52 bits per heavy atom. The first-order valence-corrected chi connectivity index (χ1v) is 11.0. The predicted molar refractivity (Wildman–Crippen MR) is 119 cm³/mol. The first kappa shape index (κ1) is 19.7. The van der Waals surface area contributed by atoms with Crippen LogP contribution in [0.3, 0.4) is 0 Å². The molecule has 5 heteroatoms. The zero-order valence-corrected chi connectivity index (χ0v) is 17.7. The second-order valence-electron chi connectivity index (χ2n) is 8.27. The quantitative estimate of drug-likeness (QED) is 0.785. The van der Waals surface area contributed by atoms with E-state index >= 15 is 0 Å². The molecule has 4 rings (SSSR count). The highest BCUT2D eigenvalue weighted by molar-refractivity contribution is 5.94. The van der Waals surface area contributed by atoms with E-state index in [0.717, 1.165) is 57.8 Å². The Labute approximate surface area is 174 Å². The van der Waals surface area contributed by atoms with Gasteiger partial charge in [0.2, 0.25) is 0 Å². The summed E-state index contributed by atoms with van der Waals surface area (Å²) < 4.78 is 0. The summed E-state index contributed by atoms with van der Waals surface area (Å²) in [5.74, 6) is 1.11. The SMILES string of the molecule is CCC1CCCCN1C(=O)c1ccc(N2CCN(c3cccc(C)c3)CC2)nc1. The largest absolute Gasteiger partial charge is 0.368 e. The van der Waals surface area contributed by atoms with Crippen LogP contribution in [-0.2, 0) is 0 Å². The molecule has 1 amide bonds. The summed E-state index contributed by atoms with van der Waals surface area (Å²) in [6.45, 7) is 9.04. The van der Waals surface area contributed by atoms with Crippen molar-refractivity contribution in [3.8, 4) is 0 Å². The third kappa shape index (κ3) is 4.39. The van der Waals surface area contributed by atoms with Crippen LogP contribution in [-0.4, -0.2) is 54.6 Å². The molecule has 0 N–H and O–H groups in total. The summed E-state index contributed by atoms with van der Waals surface area (Å²) in [4.78, 5) is 24.4. The maximum absolute atomic E-state index is 12.9. The van der Waals surface area contributed by atoms with E-state index in [1.165, 1.54) is 17.7 Å². The molecule has 2 aliphatic heterocycles. The van der Waals surface area contributed by atoms with Gasteiger partial charge in [-0.25, -0.2) is 4.98 Å². The van der Waals surface area contributed by atoms with E-state index < -0.39 is 0 Å². The van der Waals surface area contributed by atoms with Crippen molar-refractivity contribution in [3.05, 3.63) is 53.7 Å². The lowest BCUT2D eigenvalue weighted by molar-refractivity contribution is 0.0607. The summed E-state index contributed by atoms with van der Waals surface area (Å²) in [5, 5.41) is 0. The molecule has 2 aromatic rings. The lowest BCUT2D eigenvalue weighted by atomic mass is 9.99. The van der Waals surface area contributed by atoms with Crippen molar-refractivity contribution < 1.29 is 4.79 Å². The van der Waals surface area contributed by atoms with Crippen LogP contribution >= 0.6 is 0 Å². The number of hydrogen-bond acceptors (Lipinski definition) is 4. The van der Waals surface area contributed by atoms with E-state index in [0.29, 0.717) is 11.6 Å². The van der Waals surface area contributed by atoms with Gasteiger partial charge in [-0.05, 0) is 62.4 Å². The molecule has 5 nitrogen and oxygen atoms in total. The Hall–Kier alpha value is -2.56. The Balaban J connectivity index is 1.38. The van der Waals surface area contributed by atoms with Crippen LogP contribution in [0.25, 0.3) is 0 Å². The molecule has 0 aliphatic carbocycles. The van der Waals surface area contributed by atoms with Crippen molar-refractivity contribution in [3.63, 3.8) is 0 Å². The highest BCUT2D eigenvalue weighted by Gasteiger charge is 2.26. The molecule has 1 atom stereocenters. The lowest BCUT2D eigenvalue weighted by Crippen LogP contribution is -2.47. The molecular weight excluding hydrogens is 360 g/mol. The van der Waals surface area contributed by atoms with Crippen molar-refractivity contribution in [1.29, 1.82) is 0 Å². The maximum atomic E-state index is 12.9. The fourth-order valence-corrected chi connectivity index (χ4v) is 4.58. The van der Waals surface area contributed by atoms with Crippen LogP contribution in [0.2, 0.25) is 0 Å². The van der Waals surface area contributed by atoms with Gasteiger partial charge in [-0.2, -0.15) is 0 Å². The van der Waals surface area contributed by atoms with Crippen LogP contribution in [0.4, 0.5) is 11.5 Å². The second kappa shape index (κ2) is 8.85. The van der Waals surface area contributed by atoms with E-state index in [1.807, 2.05) is 12.1 Å². The highest BCUT2D eigenvalue weighted by Crippen LogP contribution is 2.23. The van der Waals surface area contributed by atoms with Gasteiger partial charge in [0.1, 0.15) is 5.82 Å². The predicted octanol–water partition coefficient (Wildman–Crippen LogP) is 4.12. The molecule has 154 valence electrons. The molecule has 0 radical (unpaired) electrons. The fourth-order valence-electron chi connectivity index (χ4n) is 4.58. The summed E-state index contributed by atoms with van der Waals surface area (Å²) in [7, 11) is 0. The number of aromatic nitrogens is 1. The molecule has 2 fully saturated rings. The Kier molecular flexibility index (Phi) is 6.02. The number of piperazine rings is 1. The number of carbonyl (C=O) groups is 1. The summed E-state index contributed by atoms with van der Waals surface area (Å²) in [5.41, 5.74) is 3.31. The highest BCUT2D eigenvalue weighted by atomic mass is 16.2. The average Bonchev–Trinajstić information content (AvgIpc) is 2.79. The van der Waals surface area contributed by atoms with E-state index in [1.54, 1.807) is 6.20 Å². The topological polar surface area (TPSA) is 39.7 Å². The number of likely N-dealkylation sites (tertiary alicyclic amines) is 1. The van der Waals surface area contributed by atoms with Gasteiger partial charge >= 0.3 is 0 Å². The molecule has 29 heavy (non-hydrogen) atoms. The van der Waals surface area contributed by atoms with Crippen LogP contribution < -0.4 is 9.80 Å². The minimum Gasteiger partial charge on any atom is -0.368 e. The van der Waals surface area contributed by atoms with Crippen molar-refractivity contribution in [1.82, 2.24) is 9.88 Å². The van der Waals surface area contributed by atoms with Gasteiger partial charge in [0, 0.05) is 50.6 Å². The first-order valence-electron chi connectivity index (χ1n) is 11.0. The zero-order chi connectivity index (χ0) is 20.2. The van der Waals surface area contributed by atoms with Crippen molar-refractivity contribution in [2.75, 3.05) is 42.5 Å². The fraction of sp³-hybridized carbons (Fsp3) is 0.500.